The van der Waals surface area contributed by atoms with Crippen LogP contribution in [-0.2, 0) is 0 Å². The molecule has 2 aliphatic rings. The number of nitrogens with one attached hydrogen (secondary N) is 1. The molecule has 0 spiro atoms. The molecular formula is C5H7F2N. The smallest absolute Gasteiger partial charge is 0.257 e. The topological polar surface area (TPSA) is 12.0 Å². The summed E-state index contributed by atoms with van der Waals surface area (Å²) in [5.74, 6) is -2.93. The van der Waals surface area contributed by atoms with Gasteiger partial charge in [0.25, 0.3) is 5.92 Å². The number of halogens is 2. The number of hydrogen-bond acceptors (Lipinski definition) is 1. The van der Waals surface area contributed by atoms with Crippen LogP contribution in [0.15, 0.2) is 0 Å². The normalized spacial score (nSPS) is 48.8. The highest BCUT2D eigenvalue weighted by Gasteiger charge is 2.69. The maximum Gasteiger partial charge on any atom is 0.257 e. The van der Waals surface area contributed by atoms with Crippen LogP contribution in [0.5, 0.6) is 0 Å². The third-order valence-electron chi connectivity index (χ3n) is 2.09. The van der Waals surface area contributed by atoms with E-state index in [1.54, 1.807) is 0 Å². The first-order valence-corrected chi connectivity index (χ1v) is 2.81. The first-order valence-electron chi connectivity index (χ1n) is 2.81. The number of alkyl halides is 2. The van der Waals surface area contributed by atoms with Crippen LogP contribution < -0.4 is 5.32 Å². The molecule has 1 heterocycles. The second-order valence-corrected chi connectivity index (χ2v) is 2.55. The van der Waals surface area contributed by atoms with Crippen molar-refractivity contribution >= 4 is 0 Å². The number of fused-ring (bicyclic) bond motifs is 1. The van der Waals surface area contributed by atoms with Crippen molar-refractivity contribution in [1.82, 2.24) is 5.32 Å². The summed E-state index contributed by atoms with van der Waals surface area (Å²) in [6.07, 6.45) is 0. The van der Waals surface area contributed by atoms with Crippen LogP contribution in [0.1, 0.15) is 0 Å². The van der Waals surface area contributed by atoms with E-state index in [-0.39, 0.29) is 11.8 Å². The van der Waals surface area contributed by atoms with Crippen LogP contribution in [0.3, 0.4) is 0 Å². The molecule has 8 heavy (non-hydrogen) atoms. The standard InChI is InChI=1S/C5H7F2N/c6-5(7)3-1-8-2-4(3)5/h3-4,8H,1-2H2. The van der Waals surface area contributed by atoms with E-state index >= 15 is 0 Å². The van der Waals surface area contributed by atoms with Crippen molar-refractivity contribution in [2.75, 3.05) is 13.1 Å². The average molecular weight is 119 g/mol. The summed E-state index contributed by atoms with van der Waals surface area (Å²) in [6, 6.07) is 0. The molecule has 0 radical (unpaired) electrons. The van der Waals surface area contributed by atoms with E-state index in [4.69, 9.17) is 0 Å². The first-order chi connectivity index (χ1) is 3.73. The molecule has 3 heteroatoms. The van der Waals surface area contributed by atoms with Gasteiger partial charge in [0.1, 0.15) is 0 Å². The molecule has 0 aromatic carbocycles. The Bertz CT molecular complexity index is 112. The molecule has 46 valence electrons. The predicted molar refractivity (Wildman–Crippen MR) is 24.8 cm³/mol. The van der Waals surface area contributed by atoms with Crippen LogP contribution in [0.4, 0.5) is 8.78 Å². The molecular weight excluding hydrogens is 112 g/mol. The molecule has 1 saturated carbocycles. The zero-order valence-corrected chi connectivity index (χ0v) is 4.32. The van der Waals surface area contributed by atoms with Crippen molar-refractivity contribution in [3.8, 4) is 0 Å². The van der Waals surface area contributed by atoms with Crippen molar-refractivity contribution in [3.63, 3.8) is 0 Å². The van der Waals surface area contributed by atoms with E-state index in [0.717, 1.165) is 0 Å². The highest BCUT2D eigenvalue weighted by Crippen LogP contribution is 2.56. The zero-order valence-electron chi connectivity index (χ0n) is 4.32. The van der Waals surface area contributed by atoms with Crippen molar-refractivity contribution in [2.24, 2.45) is 11.8 Å². The molecule has 1 nitrogen and oxygen atoms in total. The summed E-state index contributed by atoms with van der Waals surface area (Å²) in [4.78, 5) is 0. The molecule has 0 aromatic heterocycles. The van der Waals surface area contributed by atoms with E-state index in [2.05, 4.69) is 5.32 Å². The van der Waals surface area contributed by atoms with Gasteiger partial charge in [0, 0.05) is 24.9 Å². The lowest BCUT2D eigenvalue weighted by Crippen LogP contribution is -2.19. The van der Waals surface area contributed by atoms with Gasteiger partial charge in [-0.1, -0.05) is 0 Å². The maximum atomic E-state index is 12.2. The van der Waals surface area contributed by atoms with Crippen LogP contribution in [0, 0.1) is 11.8 Å². The Hall–Kier alpha value is -0.180. The van der Waals surface area contributed by atoms with Crippen LogP contribution in [0.25, 0.3) is 0 Å². The highest BCUT2D eigenvalue weighted by molar-refractivity contribution is 5.11. The summed E-state index contributed by atoms with van der Waals surface area (Å²) in [7, 11) is 0. The Kier molecular flexibility index (Phi) is 0.615. The quantitative estimate of drug-likeness (QED) is 0.488. The fourth-order valence-corrected chi connectivity index (χ4v) is 1.41. The molecule has 1 N–H and O–H groups in total. The molecule has 2 atom stereocenters. The van der Waals surface area contributed by atoms with Crippen molar-refractivity contribution < 1.29 is 8.78 Å². The van der Waals surface area contributed by atoms with Gasteiger partial charge >= 0.3 is 0 Å². The SMILES string of the molecule is FC1(F)C2CNCC21. The minimum absolute atomic E-state index is 0.317. The second kappa shape index (κ2) is 1.05. The maximum absolute atomic E-state index is 12.2. The summed E-state index contributed by atoms with van der Waals surface area (Å²) in [5, 5.41) is 2.90. The number of hydrogen-bond donors (Lipinski definition) is 1. The largest absolute Gasteiger partial charge is 0.316 e. The lowest BCUT2D eigenvalue weighted by Gasteiger charge is -1.99. The van der Waals surface area contributed by atoms with Gasteiger partial charge in [0.2, 0.25) is 0 Å². The molecule has 0 bridgehead atoms. The summed E-state index contributed by atoms with van der Waals surface area (Å²) in [6.45, 7) is 1.05. The lowest BCUT2D eigenvalue weighted by atomic mass is 10.4. The predicted octanol–water partition coefficient (Wildman–Crippen LogP) is 0.471. The van der Waals surface area contributed by atoms with Gasteiger partial charge in [-0.2, -0.15) is 0 Å². The molecule has 0 aromatic rings. The Morgan fingerprint density at radius 2 is 1.75 bits per heavy atom. The van der Waals surface area contributed by atoms with Gasteiger partial charge in [-0.05, 0) is 0 Å². The molecule has 1 saturated heterocycles. The van der Waals surface area contributed by atoms with E-state index < -0.39 is 5.92 Å². The third-order valence-corrected chi connectivity index (χ3v) is 2.09. The summed E-state index contributed by atoms with van der Waals surface area (Å²) in [5.41, 5.74) is 0. The van der Waals surface area contributed by atoms with E-state index in [1.807, 2.05) is 0 Å². The molecule has 0 amide bonds. The third kappa shape index (κ3) is 0.344. The molecule has 1 aliphatic carbocycles. The monoisotopic (exact) mass is 119 g/mol. The van der Waals surface area contributed by atoms with Gasteiger partial charge in [-0.15, -0.1) is 0 Å². The minimum Gasteiger partial charge on any atom is -0.316 e. The van der Waals surface area contributed by atoms with Gasteiger partial charge in [-0.3, -0.25) is 0 Å². The van der Waals surface area contributed by atoms with E-state index in [1.165, 1.54) is 0 Å². The Balaban J connectivity index is 2.13. The Labute approximate surface area is 46.1 Å². The zero-order chi connectivity index (χ0) is 5.78. The average Bonchev–Trinajstić information content (AvgIpc) is 2.22. The van der Waals surface area contributed by atoms with Gasteiger partial charge in [0.15, 0.2) is 0 Å². The van der Waals surface area contributed by atoms with Crippen LogP contribution in [-0.4, -0.2) is 19.0 Å². The molecule has 2 unspecified atom stereocenters. The lowest BCUT2D eigenvalue weighted by molar-refractivity contribution is 0.0763. The van der Waals surface area contributed by atoms with Gasteiger partial charge in [0.05, 0.1) is 0 Å². The fraction of sp³-hybridized carbons (Fsp3) is 1.00. The van der Waals surface area contributed by atoms with Crippen LogP contribution in [0.2, 0.25) is 0 Å². The van der Waals surface area contributed by atoms with Crippen LogP contribution >= 0.6 is 0 Å². The Morgan fingerprint density at radius 3 is 2.00 bits per heavy atom. The van der Waals surface area contributed by atoms with E-state index in [9.17, 15) is 8.78 Å². The Morgan fingerprint density at radius 1 is 1.25 bits per heavy atom. The fourth-order valence-electron chi connectivity index (χ4n) is 1.41. The van der Waals surface area contributed by atoms with Gasteiger partial charge < -0.3 is 5.32 Å². The molecule has 2 fully saturated rings. The van der Waals surface area contributed by atoms with Crippen molar-refractivity contribution in [3.05, 3.63) is 0 Å². The highest BCUT2D eigenvalue weighted by atomic mass is 19.3. The first kappa shape index (κ1) is 4.68. The molecule has 1 aliphatic heterocycles. The summed E-state index contributed by atoms with van der Waals surface area (Å²) < 4.78 is 24.4. The minimum atomic E-state index is -2.30. The molecule has 2 rings (SSSR count). The number of piperidine rings is 1. The number of rotatable bonds is 0. The van der Waals surface area contributed by atoms with E-state index in [0.29, 0.717) is 13.1 Å². The van der Waals surface area contributed by atoms with Gasteiger partial charge in [-0.25, -0.2) is 8.78 Å². The second-order valence-electron chi connectivity index (χ2n) is 2.55. The van der Waals surface area contributed by atoms with Crippen molar-refractivity contribution in [2.45, 2.75) is 5.92 Å². The van der Waals surface area contributed by atoms with Crippen molar-refractivity contribution in [1.29, 1.82) is 0 Å². The summed E-state index contributed by atoms with van der Waals surface area (Å²) >= 11 is 0.